The van der Waals surface area contributed by atoms with Crippen LogP contribution in [0.15, 0.2) is 0 Å². The molecule has 0 fully saturated rings. The number of aliphatic hydroxyl groups excluding tert-OH is 1. The lowest BCUT2D eigenvalue weighted by Gasteiger charge is -2.05. The minimum Gasteiger partial charge on any atom is -0.370 e. The van der Waals surface area contributed by atoms with Gasteiger partial charge in [-0.25, -0.2) is 0 Å². The summed E-state index contributed by atoms with van der Waals surface area (Å²) >= 11 is 0. The van der Waals surface area contributed by atoms with Crippen LogP contribution in [0.25, 0.3) is 0 Å². The van der Waals surface area contributed by atoms with E-state index in [1.165, 1.54) is 0 Å². The molecular weight excluding hydrogens is 176 g/mol. The largest absolute Gasteiger partial charge is 0.370 e. The van der Waals surface area contributed by atoms with Gasteiger partial charge in [0.2, 0.25) is 18.2 Å². The molecule has 0 aromatic heterocycles. The molecule has 0 heterocycles. The van der Waals surface area contributed by atoms with Crippen molar-refractivity contribution in [2.75, 3.05) is 0 Å². The molecular formula is C7H14N2O4. The fourth-order valence-corrected chi connectivity index (χ4v) is 0.801. The number of nitrogens with one attached hydrogen (secondary N) is 1. The predicted molar refractivity (Wildman–Crippen MR) is 44.0 cm³/mol. The van der Waals surface area contributed by atoms with Gasteiger partial charge in [0.15, 0.2) is 0 Å². The van der Waals surface area contributed by atoms with Crippen molar-refractivity contribution in [2.45, 2.75) is 32.1 Å². The number of carbonyl (C=O) groups is 2. The Morgan fingerprint density at radius 3 is 2.23 bits per heavy atom. The Morgan fingerprint density at radius 2 is 1.77 bits per heavy atom. The van der Waals surface area contributed by atoms with Gasteiger partial charge in [-0.1, -0.05) is 0 Å². The number of hydrogen-bond donors (Lipinski definition) is 4. The van der Waals surface area contributed by atoms with Crippen LogP contribution < -0.4 is 11.1 Å². The average Bonchev–Trinajstić information content (AvgIpc) is 1.96. The van der Waals surface area contributed by atoms with Crippen molar-refractivity contribution >= 4 is 11.8 Å². The molecule has 0 radical (unpaired) electrons. The normalized spacial score (nSPS) is 10.1. The van der Waals surface area contributed by atoms with E-state index >= 15 is 0 Å². The molecule has 2 amide bonds. The van der Waals surface area contributed by atoms with E-state index in [0.29, 0.717) is 12.8 Å². The number of hydrogen-bond acceptors (Lipinski definition) is 4. The summed E-state index contributed by atoms with van der Waals surface area (Å²) in [6.07, 6.45) is -0.380. The van der Waals surface area contributed by atoms with Gasteiger partial charge in [-0.15, -0.1) is 0 Å². The maximum absolute atomic E-state index is 10.8. The third-order valence-corrected chi connectivity index (χ3v) is 1.37. The highest BCUT2D eigenvalue weighted by Gasteiger charge is 2.04. The van der Waals surface area contributed by atoms with Gasteiger partial charge in [0, 0.05) is 12.8 Å². The van der Waals surface area contributed by atoms with Crippen molar-refractivity contribution in [1.82, 2.24) is 5.32 Å². The first kappa shape index (κ1) is 11.9. The van der Waals surface area contributed by atoms with E-state index in [1.54, 1.807) is 0 Å². The number of rotatable bonds is 6. The van der Waals surface area contributed by atoms with Crippen molar-refractivity contribution in [2.24, 2.45) is 5.73 Å². The molecule has 0 aromatic rings. The molecule has 76 valence electrons. The Hall–Kier alpha value is -1.14. The molecule has 0 atom stereocenters. The van der Waals surface area contributed by atoms with Crippen LogP contribution in [-0.4, -0.2) is 28.4 Å². The average molecular weight is 190 g/mol. The predicted octanol–water partition coefficient (Wildman–Crippen LogP) is -1.58. The summed E-state index contributed by atoms with van der Waals surface area (Å²) in [6.45, 7) is 0. The van der Waals surface area contributed by atoms with E-state index in [1.807, 2.05) is 5.32 Å². The summed E-state index contributed by atoms with van der Waals surface area (Å²) in [5.41, 5.74) is 4.87. The molecule has 0 rings (SSSR count). The van der Waals surface area contributed by atoms with Crippen molar-refractivity contribution < 1.29 is 19.8 Å². The maximum Gasteiger partial charge on any atom is 0.235 e. The Kier molecular flexibility index (Phi) is 5.82. The second-order valence-electron chi connectivity index (χ2n) is 2.61. The number of nitrogens with two attached hydrogens (primary N) is 1. The second kappa shape index (κ2) is 6.38. The highest BCUT2D eigenvalue weighted by atomic mass is 16.5. The minimum atomic E-state index is -1.82. The number of amides is 2. The lowest BCUT2D eigenvalue weighted by atomic mass is 10.2. The molecule has 0 aliphatic heterocycles. The number of aliphatic hydroxyl groups is 2. The first-order valence-electron chi connectivity index (χ1n) is 3.96. The van der Waals surface area contributed by atoms with Crippen molar-refractivity contribution in [3.63, 3.8) is 0 Å². The first-order valence-corrected chi connectivity index (χ1v) is 3.96. The Labute approximate surface area is 75.7 Å². The summed E-state index contributed by atoms with van der Waals surface area (Å²) in [5.74, 6) is -0.859. The maximum atomic E-state index is 10.8. The lowest BCUT2D eigenvalue weighted by Crippen LogP contribution is -2.33. The van der Waals surface area contributed by atoms with Gasteiger partial charge in [0.05, 0.1) is 0 Å². The zero-order valence-corrected chi connectivity index (χ0v) is 7.19. The molecule has 0 bridgehead atoms. The number of unbranched alkanes of at least 4 members (excludes halogenated alkanes) is 1. The summed E-state index contributed by atoms with van der Waals surface area (Å²) in [4.78, 5) is 21.0. The zero-order valence-electron chi connectivity index (χ0n) is 7.19. The van der Waals surface area contributed by atoms with Gasteiger partial charge in [-0.2, -0.15) is 0 Å². The molecule has 0 unspecified atom stereocenters. The van der Waals surface area contributed by atoms with Crippen molar-refractivity contribution in [1.29, 1.82) is 0 Å². The third kappa shape index (κ3) is 8.77. The fraction of sp³-hybridized carbons (Fsp3) is 0.714. The standard InChI is InChI=1S/C7H14N2O4/c8-5(10)3-1-2-4-6(11)9-7(12)13/h7,12-13H,1-4H2,(H2,8,10)(H,9,11). The zero-order chi connectivity index (χ0) is 10.3. The molecule has 6 nitrogen and oxygen atoms in total. The minimum absolute atomic E-state index is 0.158. The van der Waals surface area contributed by atoms with E-state index in [4.69, 9.17) is 15.9 Å². The van der Waals surface area contributed by atoms with E-state index in [9.17, 15) is 9.59 Å². The monoisotopic (exact) mass is 190 g/mol. The van der Waals surface area contributed by atoms with Crippen LogP contribution in [0.5, 0.6) is 0 Å². The SMILES string of the molecule is NC(=O)CCCCC(=O)NC(O)O. The molecule has 0 saturated carbocycles. The van der Waals surface area contributed by atoms with E-state index in [0.717, 1.165) is 0 Å². The Balaban J connectivity index is 3.32. The van der Waals surface area contributed by atoms with Crippen molar-refractivity contribution in [3.8, 4) is 0 Å². The smallest absolute Gasteiger partial charge is 0.235 e. The fourth-order valence-electron chi connectivity index (χ4n) is 0.801. The van der Waals surface area contributed by atoms with E-state index in [2.05, 4.69) is 0 Å². The van der Waals surface area contributed by atoms with Crippen LogP contribution in [0.4, 0.5) is 0 Å². The van der Waals surface area contributed by atoms with E-state index < -0.39 is 18.2 Å². The van der Waals surface area contributed by atoms with Crippen molar-refractivity contribution in [3.05, 3.63) is 0 Å². The summed E-state index contributed by atoms with van der Waals surface area (Å²) < 4.78 is 0. The Bertz CT molecular complexity index is 181. The summed E-state index contributed by atoms with van der Waals surface area (Å²) in [6, 6.07) is 0. The van der Waals surface area contributed by atoms with E-state index in [-0.39, 0.29) is 12.8 Å². The van der Waals surface area contributed by atoms with Crippen LogP contribution in [0.3, 0.4) is 0 Å². The summed E-state index contributed by atoms with van der Waals surface area (Å²) in [5, 5.41) is 18.5. The molecule has 13 heavy (non-hydrogen) atoms. The number of primary amides is 1. The van der Waals surface area contributed by atoms with Gasteiger partial charge < -0.3 is 21.3 Å². The first-order chi connectivity index (χ1) is 6.02. The molecule has 0 aromatic carbocycles. The highest BCUT2D eigenvalue weighted by Crippen LogP contribution is 1.98. The molecule has 6 heteroatoms. The van der Waals surface area contributed by atoms with Gasteiger partial charge in [0.1, 0.15) is 0 Å². The molecule has 0 aliphatic carbocycles. The summed E-state index contributed by atoms with van der Waals surface area (Å²) in [7, 11) is 0. The lowest BCUT2D eigenvalue weighted by molar-refractivity contribution is -0.134. The van der Waals surface area contributed by atoms with Crippen LogP contribution in [0, 0.1) is 0 Å². The highest BCUT2D eigenvalue weighted by molar-refractivity contribution is 5.76. The van der Waals surface area contributed by atoms with Crippen LogP contribution >= 0.6 is 0 Å². The molecule has 5 N–H and O–H groups in total. The topological polar surface area (TPSA) is 113 Å². The quantitative estimate of drug-likeness (QED) is 0.299. The van der Waals surface area contributed by atoms with Gasteiger partial charge in [-0.05, 0) is 12.8 Å². The van der Waals surface area contributed by atoms with Gasteiger partial charge in [-0.3, -0.25) is 9.59 Å². The molecule has 0 aliphatic rings. The van der Waals surface area contributed by atoms with Crippen LogP contribution in [-0.2, 0) is 9.59 Å². The molecule has 0 saturated heterocycles. The Morgan fingerprint density at radius 1 is 1.23 bits per heavy atom. The third-order valence-electron chi connectivity index (χ3n) is 1.37. The second-order valence-corrected chi connectivity index (χ2v) is 2.61. The van der Waals surface area contributed by atoms with Gasteiger partial charge in [0.25, 0.3) is 0 Å². The van der Waals surface area contributed by atoms with Crippen LogP contribution in [0.2, 0.25) is 0 Å². The number of carbonyl (C=O) groups excluding carboxylic acids is 2. The molecule has 0 spiro atoms. The van der Waals surface area contributed by atoms with Gasteiger partial charge >= 0.3 is 0 Å². The van der Waals surface area contributed by atoms with Crippen LogP contribution in [0.1, 0.15) is 25.7 Å².